The summed E-state index contributed by atoms with van der Waals surface area (Å²) in [6.07, 6.45) is 0.374. The number of aromatic amines is 1. The van der Waals surface area contributed by atoms with Gasteiger partial charge in [-0.1, -0.05) is 6.07 Å². The average molecular weight is 430 g/mol. The van der Waals surface area contributed by atoms with E-state index in [0.29, 0.717) is 0 Å². The average Bonchev–Trinajstić information content (AvgIpc) is 3.18. The number of anilines is 1. The Morgan fingerprint density at radius 1 is 1.17 bits per heavy atom. The zero-order chi connectivity index (χ0) is 21.7. The highest BCUT2D eigenvalue weighted by atomic mass is 32.2. The maximum atomic E-state index is 13.9. The third kappa shape index (κ3) is 4.69. The fraction of sp³-hybridized carbons (Fsp3) is 0.150. The van der Waals surface area contributed by atoms with E-state index < -0.39 is 27.4 Å². The van der Waals surface area contributed by atoms with Crippen LogP contribution in [0.4, 0.5) is 14.6 Å². The summed E-state index contributed by atoms with van der Waals surface area (Å²) in [5.74, 6) is -2.66. The van der Waals surface area contributed by atoms with E-state index in [1.165, 1.54) is 42.5 Å². The van der Waals surface area contributed by atoms with Gasteiger partial charge in [-0.25, -0.2) is 17.2 Å². The minimum absolute atomic E-state index is 0.0334. The predicted molar refractivity (Wildman–Crippen MR) is 105 cm³/mol. The molecular formula is C20H16F2N4O3S. The van der Waals surface area contributed by atoms with Crippen LogP contribution in [-0.4, -0.2) is 30.3 Å². The van der Waals surface area contributed by atoms with Gasteiger partial charge in [-0.15, -0.1) is 0 Å². The number of nitrogens with one attached hydrogen (secondary N) is 2. The molecule has 0 spiro atoms. The standard InChI is InChI=1S/C20H16F2N4O3S/c21-16-5-3-4-15(19(16)22)17-12-18(26-25-17)24-20(27)13-6-8-14(9-7-13)30(28,29)11-2-1-10-23/h3-9,12H,1-2,11H2,(H2,24,25,26,27). The van der Waals surface area contributed by atoms with Gasteiger partial charge in [0.1, 0.15) is 0 Å². The largest absolute Gasteiger partial charge is 0.305 e. The minimum Gasteiger partial charge on any atom is -0.305 e. The topological polar surface area (TPSA) is 116 Å². The molecule has 154 valence electrons. The first-order chi connectivity index (χ1) is 14.3. The first-order valence-corrected chi connectivity index (χ1v) is 10.5. The zero-order valence-electron chi connectivity index (χ0n) is 15.5. The van der Waals surface area contributed by atoms with E-state index in [0.717, 1.165) is 6.07 Å². The highest BCUT2D eigenvalue weighted by Crippen LogP contribution is 2.24. The number of rotatable bonds is 7. The van der Waals surface area contributed by atoms with E-state index in [-0.39, 0.29) is 46.1 Å². The first-order valence-electron chi connectivity index (χ1n) is 8.83. The molecule has 1 heterocycles. The van der Waals surface area contributed by atoms with E-state index in [9.17, 15) is 22.0 Å². The number of unbranched alkanes of at least 4 members (excludes halogenated alkanes) is 1. The van der Waals surface area contributed by atoms with Gasteiger partial charge in [-0.05, 0) is 42.8 Å². The second kappa shape index (κ2) is 8.84. The molecule has 1 amide bonds. The number of hydrogen-bond donors (Lipinski definition) is 2. The fourth-order valence-corrected chi connectivity index (χ4v) is 4.01. The number of sulfone groups is 1. The maximum Gasteiger partial charge on any atom is 0.256 e. The Morgan fingerprint density at radius 2 is 1.90 bits per heavy atom. The summed E-state index contributed by atoms with van der Waals surface area (Å²) in [7, 11) is -3.54. The van der Waals surface area contributed by atoms with Crippen molar-refractivity contribution in [3.05, 3.63) is 65.7 Å². The third-order valence-electron chi connectivity index (χ3n) is 4.24. The molecule has 1 aromatic heterocycles. The molecule has 0 aliphatic rings. The van der Waals surface area contributed by atoms with Gasteiger partial charge in [-0.2, -0.15) is 10.4 Å². The van der Waals surface area contributed by atoms with Crippen molar-refractivity contribution in [1.29, 1.82) is 5.26 Å². The van der Waals surface area contributed by atoms with Crippen LogP contribution in [0.2, 0.25) is 0 Å². The highest BCUT2D eigenvalue weighted by molar-refractivity contribution is 7.91. The lowest BCUT2D eigenvalue weighted by Gasteiger charge is -2.05. The smallest absolute Gasteiger partial charge is 0.256 e. The predicted octanol–water partition coefficient (Wildman–Crippen LogP) is 3.68. The number of amides is 1. The summed E-state index contributed by atoms with van der Waals surface area (Å²) in [5.41, 5.74) is 0.336. The van der Waals surface area contributed by atoms with Crippen molar-refractivity contribution < 1.29 is 22.0 Å². The molecule has 0 saturated carbocycles. The van der Waals surface area contributed by atoms with Gasteiger partial charge in [0.15, 0.2) is 27.3 Å². The van der Waals surface area contributed by atoms with Gasteiger partial charge in [0, 0.05) is 23.6 Å². The molecule has 0 bridgehead atoms. The van der Waals surface area contributed by atoms with Gasteiger partial charge < -0.3 is 5.32 Å². The molecule has 2 N–H and O–H groups in total. The van der Waals surface area contributed by atoms with E-state index in [1.807, 2.05) is 6.07 Å². The molecule has 0 saturated heterocycles. The molecular weight excluding hydrogens is 414 g/mol. The highest BCUT2D eigenvalue weighted by Gasteiger charge is 2.16. The minimum atomic E-state index is -3.54. The van der Waals surface area contributed by atoms with Crippen molar-refractivity contribution in [1.82, 2.24) is 10.2 Å². The van der Waals surface area contributed by atoms with Crippen LogP contribution in [0, 0.1) is 23.0 Å². The lowest BCUT2D eigenvalue weighted by molar-refractivity contribution is 0.102. The Bertz CT molecular complexity index is 1220. The van der Waals surface area contributed by atoms with Crippen molar-refractivity contribution in [3.8, 4) is 17.3 Å². The molecule has 0 aliphatic heterocycles. The van der Waals surface area contributed by atoms with Crippen LogP contribution in [0.1, 0.15) is 23.2 Å². The number of aromatic nitrogens is 2. The number of hydrogen-bond acceptors (Lipinski definition) is 5. The SMILES string of the molecule is N#CCCCS(=O)(=O)c1ccc(C(=O)Nc2cc(-c3cccc(F)c3F)[nH]n2)cc1. The number of carbonyl (C=O) groups is 1. The molecule has 2 aromatic carbocycles. The van der Waals surface area contributed by atoms with Crippen LogP contribution >= 0.6 is 0 Å². The number of halogens is 2. The molecule has 10 heteroatoms. The molecule has 3 aromatic rings. The van der Waals surface area contributed by atoms with Gasteiger partial charge in [-0.3, -0.25) is 9.89 Å². The van der Waals surface area contributed by atoms with Gasteiger partial charge in [0.25, 0.3) is 5.91 Å². The Kier molecular flexibility index (Phi) is 6.23. The maximum absolute atomic E-state index is 13.9. The molecule has 0 unspecified atom stereocenters. The Morgan fingerprint density at radius 3 is 2.60 bits per heavy atom. The molecule has 3 rings (SSSR count). The molecule has 0 atom stereocenters. The van der Waals surface area contributed by atoms with E-state index in [4.69, 9.17) is 5.26 Å². The quantitative estimate of drug-likeness (QED) is 0.555. The molecule has 7 nitrogen and oxygen atoms in total. The number of H-pyrrole nitrogens is 1. The van der Waals surface area contributed by atoms with Gasteiger partial charge >= 0.3 is 0 Å². The van der Waals surface area contributed by atoms with Crippen molar-refractivity contribution in [2.75, 3.05) is 11.1 Å². The van der Waals surface area contributed by atoms with E-state index in [1.54, 1.807) is 0 Å². The van der Waals surface area contributed by atoms with Crippen LogP contribution in [0.15, 0.2) is 53.4 Å². The summed E-state index contributed by atoms with van der Waals surface area (Å²) in [4.78, 5) is 12.4. The zero-order valence-corrected chi connectivity index (χ0v) is 16.3. The Hall–Kier alpha value is -3.58. The van der Waals surface area contributed by atoms with Crippen molar-refractivity contribution in [3.63, 3.8) is 0 Å². The normalized spacial score (nSPS) is 11.1. The summed E-state index contributed by atoms with van der Waals surface area (Å²) in [6.45, 7) is 0. The lowest BCUT2D eigenvalue weighted by Crippen LogP contribution is -2.13. The summed E-state index contributed by atoms with van der Waals surface area (Å²) < 4.78 is 51.6. The summed E-state index contributed by atoms with van der Waals surface area (Å²) >= 11 is 0. The van der Waals surface area contributed by atoms with Gasteiger partial charge in [0.05, 0.1) is 22.4 Å². The molecule has 30 heavy (non-hydrogen) atoms. The molecule has 0 fully saturated rings. The number of nitrogens with zero attached hydrogens (tertiary/aromatic N) is 2. The van der Waals surface area contributed by atoms with Gasteiger partial charge in [0.2, 0.25) is 0 Å². The second-order valence-corrected chi connectivity index (χ2v) is 8.44. The van der Waals surface area contributed by atoms with E-state index >= 15 is 0 Å². The number of benzene rings is 2. The Balaban J connectivity index is 1.71. The third-order valence-corrected chi connectivity index (χ3v) is 6.06. The van der Waals surface area contributed by atoms with Crippen molar-refractivity contribution >= 4 is 21.6 Å². The lowest BCUT2D eigenvalue weighted by atomic mass is 10.1. The number of nitriles is 1. The summed E-state index contributed by atoms with van der Waals surface area (Å²) in [5, 5.41) is 17.4. The molecule has 0 aliphatic carbocycles. The Labute approximate surface area is 171 Å². The van der Waals surface area contributed by atoms with Crippen LogP contribution in [0.25, 0.3) is 11.3 Å². The number of carbonyl (C=O) groups excluding carboxylic acids is 1. The van der Waals surface area contributed by atoms with Crippen LogP contribution < -0.4 is 5.32 Å². The van der Waals surface area contributed by atoms with Crippen LogP contribution in [0.5, 0.6) is 0 Å². The van der Waals surface area contributed by atoms with E-state index in [2.05, 4.69) is 15.5 Å². The van der Waals surface area contributed by atoms with Crippen LogP contribution in [-0.2, 0) is 9.84 Å². The van der Waals surface area contributed by atoms with Crippen molar-refractivity contribution in [2.45, 2.75) is 17.7 Å². The molecule has 0 radical (unpaired) electrons. The van der Waals surface area contributed by atoms with Crippen LogP contribution in [0.3, 0.4) is 0 Å². The monoisotopic (exact) mass is 430 g/mol. The first kappa shape index (κ1) is 21.1. The fourth-order valence-electron chi connectivity index (χ4n) is 2.70. The van der Waals surface area contributed by atoms with Crippen molar-refractivity contribution in [2.24, 2.45) is 0 Å². The second-order valence-electron chi connectivity index (χ2n) is 6.33. The summed E-state index contributed by atoms with van der Waals surface area (Å²) in [6, 6.07) is 12.3.